The van der Waals surface area contributed by atoms with Crippen LogP contribution in [0.5, 0.6) is 0 Å². The van der Waals surface area contributed by atoms with Crippen LogP contribution in [0.25, 0.3) is 0 Å². The molecule has 0 saturated carbocycles. The van der Waals surface area contributed by atoms with E-state index in [0.29, 0.717) is 17.8 Å². The largest absolute Gasteiger partial charge is 0.326 e. The Morgan fingerprint density at radius 2 is 2.11 bits per heavy atom. The third-order valence-electron chi connectivity index (χ3n) is 2.60. The average Bonchev–Trinajstić information content (AvgIpc) is 2.40. The van der Waals surface area contributed by atoms with Crippen LogP contribution in [-0.2, 0) is 0 Å². The fraction of sp³-hybridized carbons (Fsp3) is 0.143. The monoisotopic (exact) mass is 242 g/mol. The zero-order valence-electron chi connectivity index (χ0n) is 10.1. The Kier molecular flexibility index (Phi) is 3.57. The van der Waals surface area contributed by atoms with Gasteiger partial charge < -0.3 is 5.32 Å². The second-order valence-electron chi connectivity index (χ2n) is 3.99. The van der Waals surface area contributed by atoms with Crippen molar-refractivity contribution < 1.29 is 9.59 Å². The van der Waals surface area contributed by atoms with E-state index < -0.39 is 0 Å². The van der Waals surface area contributed by atoms with Gasteiger partial charge in [-0.15, -0.1) is 0 Å². The standard InChI is InChI=1S/C14H14N2O2/c1-11(17)12-6-5-7-13(10-12)15-14(18)16-8-3-2-4-9-16/h2-8,10H,9H2,1H3,(H,15,18). The van der Waals surface area contributed by atoms with Crippen molar-refractivity contribution in [3.05, 3.63) is 54.3 Å². The Morgan fingerprint density at radius 1 is 1.28 bits per heavy atom. The van der Waals surface area contributed by atoms with Crippen LogP contribution in [0.3, 0.4) is 0 Å². The van der Waals surface area contributed by atoms with Gasteiger partial charge in [-0.1, -0.05) is 24.3 Å². The fourth-order valence-electron chi connectivity index (χ4n) is 1.63. The zero-order chi connectivity index (χ0) is 13.0. The highest BCUT2D eigenvalue weighted by Crippen LogP contribution is 2.12. The molecule has 1 aromatic carbocycles. The highest BCUT2D eigenvalue weighted by molar-refractivity contribution is 5.96. The lowest BCUT2D eigenvalue weighted by Crippen LogP contribution is -2.31. The number of carbonyl (C=O) groups is 2. The van der Waals surface area contributed by atoms with Crippen LogP contribution in [0.1, 0.15) is 17.3 Å². The van der Waals surface area contributed by atoms with Crippen LogP contribution in [-0.4, -0.2) is 23.3 Å². The third kappa shape index (κ3) is 2.85. The highest BCUT2D eigenvalue weighted by atomic mass is 16.2. The molecule has 2 amide bonds. The van der Waals surface area contributed by atoms with Gasteiger partial charge in [-0.3, -0.25) is 9.69 Å². The summed E-state index contributed by atoms with van der Waals surface area (Å²) in [6, 6.07) is 6.69. The Labute approximate surface area is 106 Å². The number of benzene rings is 1. The molecule has 0 bridgehead atoms. The molecule has 0 atom stereocenters. The number of Topliss-reactive ketones (excluding diaryl/α,β-unsaturated/α-hetero) is 1. The number of nitrogens with one attached hydrogen (secondary N) is 1. The van der Waals surface area contributed by atoms with Crippen molar-refractivity contribution in [2.45, 2.75) is 6.92 Å². The fourth-order valence-corrected chi connectivity index (χ4v) is 1.63. The Balaban J connectivity index is 2.07. The minimum absolute atomic E-state index is 0.0214. The van der Waals surface area contributed by atoms with Gasteiger partial charge in [0.1, 0.15) is 0 Å². The summed E-state index contributed by atoms with van der Waals surface area (Å²) in [4.78, 5) is 24.7. The maximum Gasteiger partial charge on any atom is 0.326 e. The van der Waals surface area contributed by atoms with Gasteiger partial charge in [-0.2, -0.15) is 0 Å². The summed E-state index contributed by atoms with van der Waals surface area (Å²) in [5, 5.41) is 2.76. The lowest BCUT2D eigenvalue weighted by atomic mass is 10.1. The Morgan fingerprint density at radius 3 is 2.78 bits per heavy atom. The molecule has 18 heavy (non-hydrogen) atoms. The second kappa shape index (κ2) is 5.31. The van der Waals surface area contributed by atoms with Crippen LogP contribution in [0.15, 0.2) is 48.7 Å². The Bertz CT molecular complexity index is 532. The number of ketones is 1. The number of rotatable bonds is 2. The summed E-state index contributed by atoms with van der Waals surface area (Å²) in [5.41, 5.74) is 1.21. The van der Waals surface area contributed by atoms with Crippen LogP contribution < -0.4 is 5.32 Å². The average molecular weight is 242 g/mol. The van der Waals surface area contributed by atoms with Gasteiger partial charge in [0.25, 0.3) is 0 Å². The first kappa shape index (κ1) is 12.1. The molecule has 0 fully saturated rings. The van der Waals surface area contributed by atoms with Crippen LogP contribution in [0, 0.1) is 0 Å². The first-order chi connectivity index (χ1) is 8.66. The molecule has 4 nitrogen and oxygen atoms in total. The van der Waals surface area contributed by atoms with Crippen LogP contribution in [0.2, 0.25) is 0 Å². The molecule has 1 N–H and O–H groups in total. The van der Waals surface area contributed by atoms with E-state index in [2.05, 4.69) is 5.32 Å². The summed E-state index contributed by atoms with van der Waals surface area (Å²) in [6.45, 7) is 2.05. The molecule has 0 spiro atoms. The zero-order valence-corrected chi connectivity index (χ0v) is 10.1. The molecule has 1 aliphatic rings. The molecule has 4 heteroatoms. The molecule has 0 saturated heterocycles. The normalized spacial score (nSPS) is 13.5. The van der Waals surface area contributed by atoms with E-state index in [4.69, 9.17) is 0 Å². The summed E-state index contributed by atoms with van der Waals surface area (Å²) < 4.78 is 0. The van der Waals surface area contributed by atoms with Gasteiger partial charge in [-0.25, -0.2) is 4.79 Å². The summed E-state index contributed by atoms with van der Waals surface area (Å²) in [7, 11) is 0. The lowest BCUT2D eigenvalue weighted by Gasteiger charge is -2.19. The number of nitrogens with zero attached hydrogens (tertiary/aromatic N) is 1. The molecule has 0 radical (unpaired) electrons. The van der Waals surface area contributed by atoms with Gasteiger partial charge in [0.05, 0.1) is 0 Å². The summed E-state index contributed by atoms with van der Waals surface area (Å²) in [6.07, 6.45) is 7.30. The molecule has 0 aromatic heterocycles. The molecule has 2 rings (SSSR count). The van der Waals surface area contributed by atoms with E-state index in [-0.39, 0.29) is 11.8 Å². The van der Waals surface area contributed by atoms with Gasteiger partial charge in [0.15, 0.2) is 5.78 Å². The van der Waals surface area contributed by atoms with E-state index in [1.165, 1.54) is 6.92 Å². The van der Waals surface area contributed by atoms with Gasteiger partial charge in [0.2, 0.25) is 0 Å². The van der Waals surface area contributed by atoms with Gasteiger partial charge in [0, 0.05) is 24.0 Å². The van der Waals surface area contributed by atoms with Gasteiger partial charge >= 0.3 is 6.03 Å². The molecule has 92 valence electrons. The van der Waals surface area contributed by atoms with E-state index in [1.54, 1.807) is 41.4 Å². The SMILES string of the molecule is CC(=O)c1cccc(NC(=O)N2C=CC=CC2)c1. The predicted molar refractivity (Wildman–Crippen MR) is 70.5 cm³/mol. The third-order valence-corrected chi connectivity index (χ3v) is 2.60. The quantitative estimate of drug-likeness (QED) is 0.811. The number of hydrogen-bond acceptors (Lipinski definition) is 2. The van der Waals surface area contributed by atoms with Crippen molar-refractivity contribution >= 4 is 17.5 Å². The van der Waals surface area contributed by atoms with Crippen molar-refractivity contribution in [1.82, 2.24) is 4.90 Å². The second-order valence-corrected chi connectivity index (χ2v) is 3.99. The maximum atomic E-state index is 11.9. The van der Waals surface area contributed by atoms with Crippen molar-refractivity contribution in [2.24, 2.45) is 0 Å². The molecular weight excluding hydrogens is 228 g/mol. The van der Waals surface area contributed by atoms with Crippen molar-refractivity contribution in [2.75, 3.05) is 11.9 Å². The highest BCUT2D eigenvalue weighted by Gasteiger charge is 2.11. The van der Waals surface area contributed by atoms with E-state index >= 15 is 0 Å². The number of urea groups is 1. The molecule has 1 aromatic rings. The number of carbonyl (C=O) groups excluding carboxylic acids is 2. The molecule has 0 aliphatic carbocycles. The number of allylic oxidation sites excluding steroid dienone is 2. The number of anilines is 1. The Hall–Kier alpha value is -2.36. The van der Waals surface area contributed by atoms with E-state index in [0.717, 1.165) is 0 Å². The van der Waals surface area contributed by atoms with Crippen LogP contribution in [0.4, 0.5) is 10.5 Å². The smallest absolute Gasteiger partial charge is 0.308 e. The molecular formula is C14H14N2O2. The van der Waals surface area contributed by atoms with Gasteiger partial charge in [-0.05, 0) is 25.1 Å². The molecule has 0 unspecified atom stereocenters. The number of amides is 2. The van der Waals surface area contributed by atoms with E-state index in [9.17, 15) is 9.59 Å². The summed E-state index contributed by atoms with van der Waals surface area (Å²) in [5.74, 6) is -0.0214. The topological polar surface area (TPSA) is 49.4 Å². The minimum atomic E-state index is -0.212. The van der Waals surface area contributed by atoms with Crippen molar-refractivity contribution in [3.63, 3.8) is 0 Å². The van der Waals surface area contributed by atoms with Crippen LogP contribution >= 0.6 is 0 Å². The van der Waals surface area contributed by atoms with E-state index in [1.807, 2.05) is 12.2 Å². The maximum absolute atomic E-state index is 11.9. The van der Waals surface area contributed by atoms with Crippen molar-refractivity contribution in [3.8, 4) is 0 Å². The predicted octanol–water partition coefficient (Wildman–Crippen LogP) is 2.81. The molecule has 1 aliphatic heterocycles. The lowest BCUT2D eigenvalue weighted by molar-refractivity contribution is 0.101. The van der Waals surface area contributed by atoms with Crippen molar-refractivity contribution in [1.29, 1.82) is 0 Å². The first-order valence-electron chi connectivity index (χ1n) is 5.69. The minimum Gasteiger partial charge on any atom is -0.308 e. The first-order valence-corrected chi connectivity index (χ1v) is 5.69. The molecule has 1 heterocycles. The summed E-state index contributed by atoms with van der Waals surface area (Å²) >= 11 is 0. The number of hydrogen-bond donors (Lipinski definition) is 1.